The summed E-state index contributed by atoms with van der Waals surface area (Å²) in [7, 11) is 1.95. The van der Waals surface area contributed by atoms with E-state index in [-0.39, 0.29) is 5.91 Å². The number of nitrogens with zero attached hydrogens (tertiary/aromatic N) is 2. The van der Waals surface area contributed by atoms with E-state index in [1.54, 1.807) is 0 Å². The second-order valence-corrected chi connectivity index (χ2v) is 7.57. The van der Waals surface area contributed by atoms with Gasteiger partial charge in [0, 0.05) is 49.5 Å². The topological polar surface area (TPSA) is 46.5 Å². The van der Waals surface area contributed by atoms with Crippen molar-refractivity contribution < 1.29 is 9.53 Å². The van der Waals surface area contributed by atoms with Crippen molar-refractivity contribution in [3.63, 3.8) is 0 Å². The summed E-state index contributed by atoms with van der Waals surface area (Å²) in [5, 5.41) is 4.24. The number of hydrogen-bond acceptors (Lipinski definition) is 3. The lowest BCUT2D eigenvalue weighted by Crippen LogP contribution is -2.40. The quantitative estimate of drug-likeness (QED) is 0.615. The summed E-state index contributed by atoms with van der Waals surface area (Å²) in [5.74, 6) is 0.118. The number of para-hydroxylation sites is 1. The van der Waals surface area contributed by atoms with Crippen LogP contribution in [0.4, 0.5) is 5.69 Å². The normalized spacial score (nSPS) is 14.3. The molecule has 1 N–H and O–H groups in total. The zero-order valence-electron chi connectivity index (χ0n) is 17.1. The van der Waals surface area contributed by atoms with Crippen molar-refractivity contribution in [1.82, 2.24) is 9.47 Å². The minimum absolute atomic E-state index is 0.118. The Balaban J connectivity index is 1.44. The number of carbonyl (C=O) groups is 1. The van der Waals surface area contributed by atoms with Crippen molar-refractivity contribution in [1.29, 1.82) is 0 Å². The maximum Gasteiger partial charge on any atom is 0.256 e. The number of amides is 1. The molecule has 0 atom stereocenters. The number of fused-ring (bicyclic) bond motifs is 1. The fraction of sp³-hybridized carbons (Fsp3) is 0.375. The van der Waals surface area contributed by atoms with Gasteiger partial charge >= 0.3 is 0 Å². The Labute approximate surface area is 172 Å². The number of nitrogens with one attached hydrogen (secondary N) is 1. The molecular weight excluding hydrogens is 362 g/mol. The fourth-order valence-electron chi connectivity index (χ4n) is 4.03. The van der Waals surface area contributed by atoms with Crippen LogP contribution in [0.25, 0.3) is 10.9 Å². The van der Waals surface area contributed by atoms with E-state index in [9.17, 15) is 4.79 Å². The van der Waals surface area contributed by atoms with Crippen LogP contribution in [0, 0.1) is 0 Å². The van der Waals surface area contributed by atoms with Crippen molar-refractivity contribution in [3.8, 4) is 0 Å². The number of carbonyl (C=O) groups excluding carboxylic acids is 1. The summed E-state index contributed by atoms with van der Waals surface area (Å²) < 4.78 is 7.63. The van der Waals surface area contributed by atoms with Crippen molar-refractivity contribution in [3.05, 3.63) is 65.9 Å². The van der Waals surface area contributed by atoms with Gasteiger partial charge in [-0.3, -0.25) is 4.79 Å². The molecule has 29 heavy (non-hydrogen) atoms. The van der Waals surface area contributed by atoms with Gasteiger partial charge in [0.2, 0.25) is 0 Å². The van der Waals surface area contributed by atoms with Gasteiger partial charge in [0.15, 0.2) is 0 Å². The molecule has 1 aromatic heterocycles. The van der Waals surface area contributed by atoms with Gasteiger partial charge in [-0.05, 0) is 43.0 Å². The maximum absolute atomic E-state index is 13.1. The van der Waals surface area contributed by atoms with Crippen LogP contribution in [-0.4, -0.2) is 48.7 Å². The lowest BCUT2D eigenvalue weighted by Gasteiger charge is -2.26. The number of aromatic nitrogens is 1. The molecule has 0 bridgehead atoms. The Kier molecular flexibility index (Phi) is 6.15. The molecule has 1 amide bonds. The number of ether oxygens (including phenoxy) is 1. The summed E-state index contributed by atoms with van der Waals surface area (Å²) in [5.41, 5.74) is 4.47. The van der Waals surface area contributed by atoms with Crippen LogP contribution in [0.1, 0.15) is 28.8 Å². The Morgan fingerprint density at radius 3 is 2.72 bits per heavy atom. The third kappa shape index (κ3) is 4.46. The predicted molar refractivity (Wildman–Crippen MR) is 118 cm³/mol. The molecule has 4 rings (SSSR count). The minimum atomic E-state index is 0.118. The van der Waals surface area contributed by atoms with Crippen LogP contribution in [0.5, 0.6) is 0 Å². The van der Waals surface area contributed by atoms with Crippen LogP contribution >= 0.6 is 0 Å². The van der Waals surface area contributed by atoms with Crippen LogP contribution in [0.2, 0.25) is 0 Å². The standard InChI is InChI=1S/C24H29N3O2/c1-25-20-9-6-8-19(17-20)7-4-5-12-27-18-22(21-10-2-3-11-23(21)27)24(28)26-13-15-29-16-14-26/h2-3,6,8-11,17-18,25H,4-5,7,12-16H2,1H3. The van der Waals surface area contributed by atoms with Gasteiger partial charge < -0.3 is 19.5 Å². The molecule has 5 heteroatoms. The lowest BCUT2D eigenvalue weighted by atomic mass is 10.1. The highest BCUT2D eigenvalue weighted by Gasteiger charge is 2.22. The molecule has 0 spiro atoms. The number of unbranched alkanes of at least 4 members (excludes halogenated alkanes) is 1. The average molecular weight is 392 g/mol. The molecule has 1 aliphatic heterocycles. The van der Waals surface area contributed by atoms with Gasteiger partial charge in [0.05, 0.1) is 18.8 Å². The first-order valence-electron chi connectivity index (χ1n) is 10.5. The molecule has 2 aromatic carbocycles. The van der Waals surface area contributed by atoms with Crippen LogP contribution in [-0.2, 0) is 17.7 Å². The molecular formula is C24H29N3O2. The van der Waals surface area contributed by atoms with Gasteiger partial charge in [0.25, 0.3) is 5.91 Å². The van der Waals surface area contributed by atoms with E-state index in [1.807, 2.05) is 30.3 Å². The fourth-order valence-corrected chi connectivity index (χ4v) is 4.03. The number of aryl methyl sites for hydroxylation is 2. The molecule has 2 heterocycles. The van der Waals surface area contributed by atoms with Gasteiger partial charge in [-0.2, -0.15) is 0 Å². The number of morpholine rings is 1. The first-order chi connectivity index (χ1) is 14.3. The number of benzene rings is 2. The van der Waals surface area contributed by atoms with E-state index in [4.69, 9.17) is 4.74 Å². The van der Waals surface area contributed by atoms with Crippen LogP contribution in [0.15, 0.2) is 54.7 Å². The summed E-state index contributed by atoms with van der Waals surface area (Å²) >= 11 is 0. The first kappa shape index (κ1) is 19.5. The highest BCUT2D eigenvalue weighted by Crippen LogP contribution is 2.24. The molecule has 1 fully saturated rings. The molecule has 0 unspecified atom stereocenters. The van der Waals surface area contributed by atoms with Gasteiger partial charge in [0.1, 0.15) is 0 Å². The summed E-state index contributed by atoms with van der Waals surface area (Å²) in [6.07, 6.45) is 5.30. The Morgan fingerprint density at radius 2 is 1.90 bits per heavy atom. The largest absolute Gasteiger partial charge is 0.388 e. The van der Waals surface area contributed by atoms with Crippen LogP contribution in [0.3, 0.4) is 0 Å². The van der Waals surface area contributed by atoms with E-state index >= 15 is 0 Å². The van der Waals surface area contributed by atoms with Crippen molar-refractivity contribution in [2.75, 3.05) is 38.7 Å². The molecule has 0 aliphatic carbocycles. The van der Waals surface area contributed by atoms with Gasteiger partial charge in [-0.15, -0.1) is 0 Å². The van der Waals surface area contributed by atoms with Crippen molar-refractivity contribution >= 4 is 22.5 Å². The maximum atomic E-state index is 13.1. The zero-order valence-corrected chi connectivity index (χ0v) is 17.1. The highest BCUT2D eigenvalue weighted by molar-refractivity contribution is 6.07. The third-order valence-electron chi connectivity index (χ3n) is 5.65. The summed E-state index contributed by atoms with van der Waals surface area (Å²) in [4.78, 5) is 15.0. The third-order valence-corrected chi connectivity index (χ3v) is 5.65. The molecule has 3 aromatic rings. The van der Waals surface area contributed by atoms with E-state index in [1.165, 1.54) is 5.56 Å². The van der Waals surface area contributed by atoms with Gasteiger partial charge in [-0.1, -0.05) is 30.3 Å². The summed E-state index contributed by atoms with van der Waals surface area (Å²) in [6, 6.07) is 16.8. The first-order valence-corrected chi connectivity index (χ1v) is 10.5. The lowest BCUT2D eigenvalue weighted by molar-refractivity contribution is 0.0304. The van der Waals surface area contributed by atoms with Crippen molar-refractivity contribution in [2.24, 2.45) is 0 Å². The number of hydrogen-bond donors (Lipinski definition) is 1. The molecule has 1 saturated heterocycles. The Hall–Kier alpha value is -2.79. The number of anilines is 1. The number of rotatable bonds is 7. The Bertz CT molecular complexity index is 973. The predicted octanol–water partition coefficient (Wildman–Crippen LogP) is 4.18. The molecule has 5 nitrogen and oxygen atoms in total. The SMILES string of the molecule is CNc1cccc(CCCCn2cc(C(=O)N3CCOCC3)c3ccccc32)c1. The second-order valence-electron chi connectivity index (χ2n) is 7.57. The molecule has 152 valence electrons. The van der Waals surface area contributed by atoms with E-state index in [2.05, 4.69) is 46.3 Å². The monoisotopic (exact) mass is 391 g/mol. The zero-order chi connectivity index (χ0) is 20.1. The van der Waals surface area contributed by atoms with E-state index in [0.717, 1.165) is 48.0 Å². The molecule has 0 saturated carbocycles. The van der Waals surface area contributed by atoms with E-state index < -0.39 is 0 Å². The minimum Gasteiger partial charge on any atom is -0.388 e. The van der Waals surface area contributed by atoms with E-state index in [0.29, 0.717) is 26.3 Å². The molecule has 0 radical (unpaired) electrons. The van der Waals surface area contributed by atoms with Crippen LogP contribution < -0.4 is 5.32 Å². The van der Waals surface area contributed by atoms with Gasteiger partial charge in [-0.25, -0.2) is 0 Å². The second kappa shape index (κ2) is 9.14. The highest BCUT2D eigenvalue weighted by atomic mass is 16.5. The smallest absolute Gasteiger partial charge is 0.256 e. The van der Waals surface area contributed by atoms with Crippen molar-refractivity contribution in [2.45, 2.75) is 25.8 Å². The Morgan fingerprint density at radius 1 is 1.07 bits per heavy atom. The summed E-state index contributed by atoms with van der Waals surface area (Å²) in [6.45, 7) is 3.51. The molecule has 1 aliphatic rings. The average Bonchev–Trinajstić information content (AvgIpc) is 3.16.